The van der Waals surface area contributed by atoms with Crippen LogP contribution in [-0.2, 0) is 0 Å². The Balaban J connectivity index is 1.74. The molecule has 0 N–H and O–H groups in total. The molecular formula is C16H21F3N6. The Morgan fingerprint density at radius 2 is 1.80 bits per heavy atom. The smallest absolute Gasteiger partial charge is 0.354 e. The van der Waals surface area contributed by atoms with Gasteiger partial charge in [-0.1, -0.05) is 0 Å². The van der Waals surface area contributed by atoms with Crippen molar-refractivity contribution in [1.82, 2.24) is 24.6 Å². The van der Waals surface area contributed by atoms with E-state index in [0.717, 1.165) is 11.4 Å². The van der Waals surface area contributed by atoms with Crippen LogP contribution in [0.2, 0.25) is 0 Å². The maximum Gasteiger partial charge on any atom is 0.401 e. The Hall–Kier alpha value is -2.16. The minimum atomic E-state index is -4.16. The zero-order valence-electron chi connectivity index (χ0n) is 14.3. The van der Waals surface area contributed by atoms with E-state index < -0.39 is 12.7 Å². The van der Waals surface area contributed by atoms with E-state index in [2.05, 4.69) is 15.1 Å². The summed E-state index contributed by atoms with van der Waals surface area (Å²) in [6.07, 6.45) is -0.225. The summed E-state index contributed by atoms with van der Waals surface area (Å²) < 4.78 is 39.5. The third-order valence-corrected chi connectivity index (χ3v) is 4.15. The topological polar surface area (TPSA) is 50.1 Å². The van der Waals surface area contributed by atoms with Gasteiger partial charge in [0.1, 0.15) is 5.82 Å². The molecule has 0 unspecified atom stereocenters. The number of aromatic nitrogens is 4. The summed E-state index contributed by atoms with van der Waals surface area (Å²) >= 11 is 0. The molecule has 3 rings (SSSR count). The second-order valence-corrected chi connectivity index (χ2v) is 6.31. The lowest BCUT2D eigenvalue weighted by atomic mass is 10.4. The molecule has 136 valence electrons. The first-order chi connectivity index (χ1) is 11.8. The lowest BCUT2D eigenvalue weighted by Crippen LogP contribution is -2.37. The van der Waals surface area contributed by atoms with Crippen LogP contribution in [0.3, 0.4) is 0 Å². The van der Waals surface area contributed by atoms with E-state index >= 15 is 0 Å². The standard InChI is InChI=1S/C16H21F3N6/c1-12-8-13(2)25(22-12)15-10-20-9-14(21-15)24-5-3-4-23(6-7-24)11-16(17,18)19/h8-10H,3-7,11H2,1-2H3. The fourth-order valence-electron chi connectivity index (χ4n) is 3.07. The van der Waals surface area contributed by atoms with Crippen LogP contribution < -0.4 is 4.90 Å². The first kappa shape index (κ1) is 17.7. The highest BCUT2D eigenvalue weighted by Crippen LogP contribution is 2.20. The minimum Gasteiger partial charge on any atom is -0.354 e. The van der Waals surface area contributed by atoms with Gasteiger partial charge in [0, 0.05) is 31.9 Å². The molecule has 0 atom stereocenters. The van der Waals surface area contributed by atoms with Gasteiger partial charge in [0.25, 0.3) is 0 Å². The van der Waals surface area contributed by atoms with E-state index in [9.17, 15) is 13.2 Å². The Bertz CT molecular complexity index is 727. The van der Waals surface area contributed by atoms with Gasteiger partial charge < -0.3 is 4.90 Å². The van der Waals surface area contributed by atoms with Gasteiger partial charge in [-0.3, -0.25) is 9.88 Å². The molecule has 1 aliphatic heterocycles. The summed E-state index contributed by atoms with van der Waals surface area (Å²) in [6, 6.07) is 1.95. The van der Waals surface area contributed by atoms with Crippen LogP contribution in [0, 0.1) is 13.8 Å². The van der Waals surface area contributed by atoms with E-state index in [4.69, 9.17) is 0 Å². The number of alkyl halides is 3. The normalized spacial score (nSPS) is 16.9. The van der Waals surface area contributed by atoms with Gasteiger partial charge in [-0.25, -0.2) is 9.67 Å². The average Bonchev–Trinajstić information content (AvgIpc) is 2.73. The van der Waals surface area contributed by atoms with E-state index in [-0.39, 0.29) is 0 Å². The number of halogens is 3. The van der Waals surface area contributed by atoms with Crippen molar-refractivity contribution in [3.63, 3.8) is 0 Å². The van der Waals surface area contributed by atoms with Gasteiger partial charge in [-0.05, 0) is 26.3 Å². The quantitative estimate of drug-likeness (QED) is 0.847. The molecule has 1 aliphatic rings. The van der Waals surface area contributed by atoms with Crippen LogP contribution in [-0.4, -0.2) is 63.5 Å². The summed E-state index contributed by atoms with van der Waals surface area (Å²) in [4.78, 5) is 12.3. The predicted octanol–water partition coefficient (Wildman–Crippen LogP) is 2.35. The van der Waals surface area contributed by atoms with Gasteiger partial charge in [0.05, 0.1) is 24.6 Å². The number of anilines is 1. The lowest BCUT2D eigenvalue weighted by molar-refractivity contribution is -0.145. The molecule has 2 aromatic rings. The molecule has 6 nitrogen and oxygen atoms in total. The zero-order chi connectivity index (χ0) is 18.0. The Morgan fingerprint density at radius 1 is 1.04 bits per heavy atom. The number of nitrogens with zero attached hydrogens (tertiary/aromatic N) is 6. The van der Waals surface area contributed by atoms with Gasteiger partial charge in [-0.2, -0.15) is 18.3 Å². The van der Waals surface area contributed by atoms with Crippen molar-refractivity contribution in [2.24, 2.45) is 0 Å². The summed E-state index contributed by atoms with van der Waals surface area (Å²) in [6.45, 7) is 4.92. The summed E-state index contributed by atoms with van der Waals surface area (Å²) in [7, 11) is 0. The Morgan fingerprint density at radius 3 is 2.48 bits per heavy atom. The van der Waals surface area contributed by atoms with Crippen LogP contribution in [0.5, 0.6) is 0 Å². The van der Waals surface area contributed by atoms with Gasteiger partial charge in [0.2, 0.25) is 0 Å². The van der Waals surface area contributed by atoms with Crippen molar-refractivity contribution in [2.45, 2.75) is 26.4 Å². The largest absolute Gasteiger partial charge is 0.401 e. The van der Waals surface area contributed by atoms with E-state index in [1.165, 1.54) is 4.90 Å². The molecule has 9 heteroatoms. The molecule has 0 aliphatic carbocycles. The highest BCUT2D eigenvalue weighted by atomic mass is 19.4. The lowest BCUT2D eigenvalue weighted by Gasteiger charge is -2.23. The molecule has 0 amide bonds. The monoisotopic (exact) mass is 354 g/mol. The molecule has 0 spiro atoms. The molecule has 0 aromatic carbocycles. The number of hydrogen-bond acceptors (Lipinski definition) is 5. The van der Waals surface area contributed by atoms with Crippen molar-refractivity contribution in [3.05, 3.63) is 29.8 Å². The van der Waals surface area contributed by atoms with E-state index in [1.54, 1.807) is 17.1 Å². The zero-order valence-corrected chi connectivity index (χ0v) is 14.3. The van der Waals surface area contributed by atoms with Crippen LogP contribution in [0.1, 0.15) is 17.8 Å². The van der Waals surface area contributed by atoms with E-state index in [0.29, 0.717) is 44.2 Å². The van der Waals surface area contributed by atoms with Gasteiger partial charge in [-0.15, -0.1) is 0 Å². The molecule has 2 aromatic heterocycles. The highest BCUT2D eigenvalue weighted by molar-refractivity contribution is 5.40. The molecule has 1 saturated heterocycles. The SMILES string of the molecule is Cc1cc(C)n(-c2cncc(N3CCCN(CC(F)(F)F)CC3)n2)n1. The van der Waals surface area contributed by atoms with Crippen LogP contribution in [0.4, 0.5) is 19.0 Å². The van der Waals surface area contributed by atoms with Gasteiger partial charge in [0.15, 0.2) is 5.82 Å². The number of aryl methyl sites for hydroxylation is 2. The maximum atomic E-state index is 12.6. The Kier molecular flexibility index (Phi) is 4.94. The van der Waals surface area contributed by atoms with Crippen LogP contribution in [0.15, 0.2) is 18.5 Å². The first-order valence-electron chi connectivity index (χ1n) is 8.21. The Labute approximate surface area is 144 Å². The van der Waals surface area contributed by atoms with Crippen molar-refractivity contribution in [3.8, 4) is 5.82 Å². The first-order valence-corrected chi connectivity index (χ1v) is 8.21. The molecule has 0 bridgehead atoms. The van der Waals surface area contributed by atoms with Crippen molar-refractivity contribution < 1.29 is 13.2 Å². The second kappa shape index (κ2) is 6.99. The van der Waals surface area contributed by atoms with E-state index in [1.807, 2.05) is 24.8 Å². The van der Waals surface area contributed by atoms with Gasteiger partial charge >= 0.3 is 6.18 Å². The summed E-state index contributed by atoms with van der Waals surface area (Å²) in [5.41, 5.74) is 1.85. The number of rotatable bonds is 3. The molecule has 3 heterocycles. The summed E-state index contributed by atoms with van der Waals surface area (Å²) in [5, 5.41) is 4.40. The minimum absolute atomic E-state index is 0.353. The molecule has 25 heavy (non-hydrogen) atoms. The molecule has 0 saturated carbocycles. The fraction of sp³-hybridized carbons (Fsp3) is 0.562. The second-order valence-electron chi connectivity index (χ2n) is 6.31. The van der Waals surface area contributed by atoms with Crippen molar-refractivity contribution >= 4 is 5.82 Å². The van der Waals surface area contributed by atoms with Crippen molar-refractivity contribution in [1.29, 1.82) is 0 Å². The average molecular weight is 354 g/mol. The third kappa shape index (κ3) is 4.47. The molecule has 0 radical (unpaired) electrons. The van der Waals surface area contributed by atoms with Crippen molar-refractivity contribution in [2.75, 3.05) is 37.6 Å². The predicted molar refractivity (Wildman–Crippen MR) is 88.0 cm³/mol. The maximum absolute atomic E-state index is 12.6. The van der Waals surface area contributed by atoms with Crippen LogP contribution in [0.25, 0.3) is 5.82 Å². The number of hydrogen-bond donors (Lipinski definition) is 0. The summed E-state index contributed by atoms with van der Waals surface area (Å²) in [5.74, 6) is 1.28. The highest BCUT2D eigenvalue weighted by Gasteiger charge is 2.31. The van der Waals surface area contributed by atoms with Crippen LogP contribution >= 0.6 is 0 Å². The third-order valence-electron chi connectivity index (χ3n) is 4.15. The molecular weight excluding hydrogens is 333 g/mol. The molecule has 1 fully saturated rings. The fourth-order valence-corrected chi connectivity index (χ4v) is 3.07.